The number of carboxylic acids is 1. The van der Waals surface area contributed by atoms with Crippen LogP contribution in [-0.4, -0.2) is 39.8 Å². The molecule has 1 aliphatic carbocycles. The van der Waals surface area contributed by atoms with Gasteiger partial charge in [-0.25, -0.2) is 0 Å². The normalized spacial score (nSPS) is 34.8. The van der Waals surface area contributed by atoms with Crippen LogP contribution in [0.1, 0.15) is 25.7 Å². The topological polar surface area (TPSA) is 130 Å². The Labute approximate surface area is 94.8 Å². The van der Waals surface area contributed by atoms with Gasteiger partial charge in [0.2, 0.25) is 0 Å². The molecular weight excluding hydrogens is 211 g/mol. The lowest BCUT2D eigenvalue weighted by molar-refractivity contribution is -0.145. The summed E-state index contributed by atoms with van der Waals surface area (Å²) in [7, 11) is -1.35. The smallest absolute Gasteiger partial charge is 0.451 e. The Morgan fingerprint density at radius 2 is 2.06 bits per heavy atom. The molecular formula is C9H19BN2O4. The first-order valence-electron chi connectivity index (χ1n) is 5.47. The van der Waals surface area contributed by atoms with E-state index in [4.69, 9.17) is 26.6 Å². The van der Waals surface area contributed by atoms with Crippen LogP contribution in [0.25, 0.3) is 0 Å². The number of aliphatic carboxylic acids is 1. The van der Waals surface area contributed by atoms with E-state index in [2.05, 4.69) is 0 Å². The molecule has 0 heterocycles. The molecule has 0 bridgehead atoms. The molecule has 1 rings (SSSR count). The van der Waals surface area contributed by atoms with Crippen LogP contribution in [0.4, 0.5) is 0 Å². The zero-order chi connectivity index (χ0) is 12.3. The van der Waals surface area contributed by atoms with Gasteiger partial charge in [-0.1, -0.05) is 6.42 Å². The van der Waals surface area contributed by atoms with Crippen molar-refractivity contribution in [2.45, 2.75) is 43.6 Å². The summed E-state index contributed by atoms with van der Waals surface area (Å²) < 4.78 is 0. The number of carboxylic acid groups (broad SMARTS) is 1. The summed E-state index contributed by atoms with van der Waals surface area (Å²) in [6.45, 7) is 0. The first kappa shape index (κ1) is 13.4. The molecule has 1 fully saturated rings. The Balaban J connectivity index is 2.57. The average molecular weight is 230 g/mol. The van der Waals surface area contributed by atoms with Gasteiger partial charge in [0.25, 0.3) is 0 Å². The molecule has 0 saturated heterocycles. The lowest BCUT2D eigenvalue weighted by Gasteiger charge is -2.38. The highest BCUT2D eigenvalue weighted by molar-refractivity contribution is 6.40. The second-order valence-corrected chi connectivity index (χ2v) is 4.79. The van der Waals surface area contributed by atoms with Crippen molar-refractivity contribution in [2.75, 3.05) is 0 Å². The van der Waals surface area contributed by atoms with Crippen LogP contribution in [-0.2, 0) is 4.79 Å². The zero-order valence-electron chi connectivity index (χ0n) is 9.17. The Hall–Kier alpha value is -0.625. The molecule has 16 heavy (non-hydrogen) atoms. The Morgan fingerprint density at radius 3 is 2.56 bits per heavy atom. The molecule has 1 saturated carbocycles. The summed E-state index contributed by atoms with van der Waals surface area (Å²) in [5.41, 5.74) is 10.3. The van der Waals surface area contributed by atoms with Crippen molar-refractivity contribution in [1.29, 1.82) is 0 Å². The summed E-state index contributed by atoms with van der Waals surface area (Å²) >= 11 is 0. The third-order valence-corrected chi connectivity index (χ3v) is 3.17. The van der Waals surface area contributed by atoms with Gasteiger partial charge in [0.1, 0.15) is 5.54 Å². The van der Waals surface area contributed by atoms with Crippen molar-refractivity contribution in [2.24, 2.45) is 17.4 Å². The summed E-state index contributed by atoms with van der Waals surface area (Å²) in [5.74, 6) is -0.983. The van der Waals surface area contributed by atoms with Crippen molar-refractivity contribution in [3.63, 3.8) is 0 Å². The Bertz CT molecular complexity index is 264. The second-order valence-electron chi connectivity index (χ2n) is 4.79. The van der Waals surface area contributed by atoms with E-state index in [9.17, 15) is 4.79 Å². The fourth-order valence-electron chi connectivity index (χ4n) is 2.44. The summed E-state index contributed by atoms with van der Waals surface area (Å²) in [6.07, 6.45) is 2.09. The molecule has 6 nitrogen and oxygen atoms in total. The second kappa shape index (κ2) is 5.14. The van der Waals surface area contributed by atoms with Crippen LogP contribution in [0.15, 0.2) is 0 Å². The van der Waals surface area contributed by atoms with E-state index in [1.165, 1.54) is 0 Å². The molecule has 92 valence electrons. The van der Waals surface area contributed by atoms with Crippen LogP contribution in [0.3, 0.4) is 0 Å². The Morgan fingerprint density at radius 1 is 1.44 bits per heavy atom. The minimum atomic E-state index is -1.35. The van der Waals surface area contributed by atoms with Gasteiger partial charge in [-0.2, -0.15) is 0 Å². The fourth-order valence-corrected chi connectivity index (χ4v) is 2.44. The SMILES string of the molecule is NC1C[C@@H](CCB(O)O)CC(N)(C(=O)O)C1. The lowest BCUT2D eigenvalue weighted by Crippen LogP contribution is -2.56. The van der Waals surface area contributed by atoms with Gasteiger partial charge in [0, 0.05) is 6.04 Å². The molecule has 0 aliphatic heterocycles. The van der Waals surface area contributed by atoms with Gasteiger partial charge in [-0.15, -0.1) is 0 Å². The maximum Gasteiger partial charge on any atom is 0.451 e. The number of carbonyl (C=O) groups is 1. The van der Waals surface area contributed by atoms with Crippen molar-refractivity contribution in [3.8, 4) is 0 Å². The molecule has 0 spiro atoms. The van der Waals surface area contributed by atoms with E-state index >= 15 is 0 Å². The highest BCUT2D eigenvalue weighted by atomic mass is 16.4. The fraction of sp³-hybridized carbons (Fsp3) is 0.889. The summed E-state index contributed by atoms with van der Waals surface area (Å²) in [4.78, 5) is 11.0. The van der Waals surface area contributed by atoms with Crippen LogP contribution in [0.2, 0.25) is 6.32 Å². The van der Waals surface area contributed by atoms with Gasteiger partial charge >= 0.3 is 13.1 Å². The van der Waals surface area contributed by atoms with Gasteiger partial charge in [-0.3, -0.25) is 4.79 Å². The minimum Gasteiger partial charge on any atom is -0.480 e. The molecule has 0 aromatic carbocycles. The highest BCUT2D eigenvalue weighted by Crippen LogP contribution is 2.33. The lowest BCUT2D eigenvalue weighted by atomic mass is 9.70. The van der Waals surface area contributed by atoms with Crippen molar-refractivity contribution in [1.82, 2.24) is 0 Å². The van der Waals surface area contributed by atoms with Gasteiger partial charge in [-0.05, 0) is 31.5 Å². The van der Waals surface area contributed by atoms with Crippen molar-refractivity contribution >= 4 is 13.1 Å². The third-order valence-electron chi connectivity index (χ3n) is 3.17. The molecule has 0 aromatic rings. The number of hydrogen-bond donors (Lipinski definition) is 5. The van der Waals surface area contributed by atoms with Gasteiger partial charge in [0.15, 0.2) is 0 Å². The van der Waals surface area contributed by atoms with Crippen molar-refractivity contribution in [3.05, 3.63) is 0 Å². The predicted octanol–water partition coefficient (Wildman–Crippen LogP) is -1.24. The van der Waals surface area contributed by atoms with E-state index in [0.717, 1.165) is 0 Å². The van der Waals surface area contributed by atoms with Gasteiger partial charge in [0.05, 0.1) is 0 Å². The molecule has 7 heteroatoms. The minimum absolute atomic E-state index is 0.0478. The maximum atomic E-state index is 11.0. The number of nitrogens with two attached hydrogens (primary N) is 2. The van der Waals surface area contributed by atoms with E-state index in [1.54, 1.807) is 0 Å². The van der Waals surface area contributed by atoms with E-state index in [1.807, 2.05) is 0 Å². The number of rotatable bonds is 4. The van der Waals surface area contributed by atoms with Crippen LogP contribution in [0, 0.1) is 5.92 Å². The van der Waals surface area contributed by atoms with Crippen molar-refractivity contribution < 1.29 is 19.9 Å². The van der Waals surface area contributed by atoms with Crippen LogP contribution >= 0.6 is 0 Å². The summed E-state index contributed by atoms with van der Waals surface area (Å²) in [5, 5.41) is 26.6. The Kier molecular flexibility index (Phi) is 4.31. The zero-order valence-corrected chi connectivity index (χ0v) is 9.17. The highest BCUT2D eigenvalue weighted by Gasteiger charge is 2.42. The summed E-state index contributed by atoms with van der Waals surface area (Å²) in [6, 6.07) is -0.226. The first-order chi connectivity index (χ1) is 7.33. The standard InChI is InChI=1S/C9H19BN2O4/c11-7-3-6(1-2-10(15)16)4-9(12,5-7)8(13)14/h6-7,15-16H,1-5,11-12H2,(H,13,14)/t6-,7?,9?/m1/s1. The number of hydrogen-bond acceptors (Lipinski definition) is 5. The molecule has 1 aliphatic rings. The monoisotopic (exact) mass is 230 g/mol. The predicted molar refractivity (Wildman–Crippen MR) is 59.5 cm³/mol. The maximum absolute atomic E-state index is 11.0. The molecule has 7 N–H and O–H groups in total. The molecule has 3 atom stereocenters. The largest absolute Gasteiger partial charge is 0.480 e. The molecule has 0 amide bonds. The quantitative estimate of drug-likeness (QED) is 0.384. The van der Waals surface area contributed by atoms with E-state index in [-0.39, 0.29) is 24.7 Å². The van der Waals surface area contributed by atoms with Gasteiger partial charge < -0.3 is 26.6 Å². The molecule has 2 unspecified atom stereocenters. The first-order valence-corrected chi connectivity index (χ1v) is 5.47. The average Bonchev–Trinajstić information content (AvgIpc) is 2.13. The van der Waals surface area contributed by atoms with E-state index < -0.39 is 18.6 Å². The van der Waals surface area contributed by atoms with Crippen LogP contribution in [0.5, 0.6) is 0 Å². The van der Waals surface area contributed by atoms with Crippen LogP contribution < -0.4 is 11.5 Å². The van der Waals surface area contributed by atoms with E-state index in [0.29, 0.717) is 19.3 Å². The molecule has 0 aromatic heterocycles. The molecule has 0 radical (unpaired) electrons. The third kappa shape index (κ3) is 3.45.